The Morgan fingerprint density at radius 1 is 1.29 bits per heavy atom. The number of hydrogen-bond donors (Lipinski definition) is 3. The van der Waals surface area contributed by atoms with Crippen molar-refractivity contribution < 1.29 is 14.7 Å². The number of nitrogens with one attached hydrogen (secondary N) is 2. The van der Waals surface area contributed by atoms with Gasteiger partial charge in [0.15, 0.2) is 0 Å². The van der Waals surface area contributed by atoms with Gasteiger partial charge >= 0.3 is 12.0 Å². The number of carbonyl (C=O) groups is 2. The van der Waals surface area contributed by atoms with E-state index in [9.17, 15) is 14.7 Å². The number of carboxylic acids is 1. The SMILES string of the molecule is CCC(CC1CC1)NC(=O)NCC(CC(C)(C)C)C(=O)O. The van der Waals surface area contributed by atoms with Crippen molar-refractivity contribution in [1.82, 2.24) is 10.6 Å². The van der Waals surface area contributed by atoms with E-state index in [0.29, 0.717) is 6.42 Å². The number of amides is 2. The molecule has 1 saturated carbocycles. The van der Waals surface area contributed by atoms with Gasteiger partial charge in [-0.25, -0.2) is 4.79 Å². The monoisotopic (exact) mass is 298 g/mol. The van der Waals surface area contributed by atoms with Crippen molar-refractivity contribution in [2.24, 2.45) is 17.3 Å². The molecule has 2 amide bonds. The second kappa shape index (κ2) is 7.66. The first-order valence-electron chi connectivity index (χ1n) is 7.98. The molecule has 2 atom stereocenters. The van der Waals surface area contributed by atoms with Crippen LogP contribution in [0.25, 0.3) is 0 Å². The zero-order chi connectivity index (χ0) is 16.0. The minimum atomic E-state index is -0.852. The Morgan fingerprint density at radius 2 is 1.90 bits per heavy atom. The highest BCUT2D eigenvalue weighted by Crippen LogP contribution is 2.34. The van der Waals surface area contributed by atoms with Crippen LogP contribution in [-0.4, -0.2) is 29.7 Å². The minimum Gasteiger partial charge on any atom is -0.481 e. The number of rotatable bonds is 8. The fraction of sp³-hybridized carbons (Fsp3) is 0.875. The molecule has 0 aromatic carbocycles. The molecule has 1 aliphatic rings. The molecule has 0 saturated heterocycles. The summed E-state index contributed by atoms with van der Waals surface area (Å²) < 4.78 is 0. The summed E-state index contributed by atoms with van der Waals surface area (Å²) in [4.78, 5) is 23.1. The van der Waals surface area contributed by atoms with E-state index in [1.54, 1.807) is 0 Å². The molecule has 0 spiro atoms. The van der Waals surface area contributed by atoms with Crippen LogP contribution in [0, 0.1) is 17.3 Å². The molecule has 21 heavy (non-hydrogen) atoms. The van der Waals surface area contributed by atoms with Crippen LogP contribution in [0.4, 0.5) is 4.79 Å². The van der Waals surface area contributed by atoms with Crippen LogP contribution in [0.3, 0.4) is 0 Å². The van der Waals surface area contributed by atoms with Gasteiger partial charge in [-0.2, -0.15) is 0 Å². The van der Waals surface area contributed by atoms with Gasteiger partial charge in [0, 0.05) is 12.6 Å². The molecule has 0 radical (unpaired) electrons. The summed E-state index contributed by atoms with van der Waals surface area (Å²) in [6.07, 6.45) is 5.03. The average molecular weight is 298 g/mol. The van der Waals surface area contributed by atoms with Crippen molar-refractivity contribution in [3.05, 3.63) is 0 Å². The van der Waals surface area contributed by atoms with E-state index in [1.165, 1.54) is 12.8 Å². The molecule has 5 nitrogen and oxygen atoms in total. The fourth-order valence-corrected chi connectivity index (χ4v) is 2.52. The Kier molecular flexibility index (Phi) is 6.49. The van der Waals surface area contributed by atoms with Crippen molar-refractivity contribution in [2.45, 2.75) is 65.8 Å². The molecule has 0 aromatic rings. The van der Waals surface area contributed by atoms with Crippen LogP contribution in [0.2, 0.25) is 0 Å². The van der Waals surface area contributed by atoms with Gasteiger partial charge in [-0.3, -0.25) is 4.79 Å². The lowest BCUT2D eigenvalue weighted by Gasteiger charge is -2.24. The first kappa shape index (κ1) is 17.8. The average Bonchev–Trinajstić information content (AvgIpc) is 3.15. The third-order valence-electron chi connectivity index (χ3n) is 3.86. The van der Waals surface area contributed by atoms with E-state index in [-0.39, 0.29) is 24.0 Å². The van der Waals surface area contributed by atoms with Crippen molar-refractivity contribution >= 4 is 12.0 Å². The van der Waals surface area contributed by atoms with Gasteiger partial charge in [0.2, 0.25) is 0 Å². The molecule has 1 aliphatic carbocycles. The second-order valence-electron chi connectivity index (χ2n) is 7.44. The van der Waals surface area contributed by atoms with Crippen LogP contribution in [0.15, 0.2) is 0 Å². The number of carbonyl (C=O) groups excluding carboxylic acids is 1. The van der Waals surface area contributed by atoms with Crippen molar-refractivity contribution in [3.63, 3.8) is 0 Å². The van der Waals surface area contributed by atoms with Gasteiger partial charge in [-0.1, -0.05) is 40.5 Å². The maximum atomic E-state index is 11.9. The first-order valence-corrected chi connectivity index (χ1v) is 7.98. The van der Waals surface area contributed by atoms with Crippen molar-refractivity contribution in [3.8, 4) is 0 Å². The minimum absolute atomic E-state index is 0.0703. The molecular weight excluding hydrogens is 268 g/mol. The molecule has 0 bridgehead atoms. The quantitative estimate of drug-likeness (QED) is 0.644. The van der Waals surface area contributed by atoms with Gasteiger partial charge in [0.05, 0.1) is 5.92 Å². The predicted molar refractivity (Wildman–Crippen MR) is 83.2 cm³/mol. The van der Waals surface area contributed by atoms with Crippen LogP contribution < -0.4 is 10.6 Å². The maximum absolute atomic E-state index is 11.9. The van der Waals surface area contributed by atoms with Gasteiger partial charge in [-0.15, -0.1) is 0 Å². The van der Waals surface area contributed by atoms with E-state index in [4.69, 9.17) is 0 Å². The van der Waals surface area contributed by atoms with E-state index >= 15 is 0 Å². The van der Waals surface area contributed by atoms with Crippen molar-refractivity contribution in [2.75, 3.05) is 6.54 Å². The van der Waals surface area contributed by atoms with E-state index in [0.717, 1.165) is 18.8 Å². The van der Waals surface area contributed by atoms with E-state index in [2.05, 4.69) is 17.6 Å². The second-order valence-corrected chi connectivity index (χ2v) is 7.44. The molecule has 1 rings (SSSR count). The standard InChI is InChI=1S/C16H30N2O3/c1-5-13(8-11-6-7-11)18-15(21)17-10-12(14(19)20)9-16(2,3)4/h11-13H,5-10H2,1-4H3,(H,19,20)(H2,17,18,21). The smallest absolute Gasteiger partial charge is 0.315 e. The fourth-order valence-electron chi connectivity index (χ4n) is 2.52. The summed E-state index contributed by atoms with van der Waals surface area (Å²) >= 11 is 0. The third-order valence-corrected chi connectivity index (χ3v) is 3.86. The van der Waals surface area contributed by atoms with E-state index in [1.807, 2.05) is 20.8 Å². The van der Waals surface area contributed by atoms with Crippen LogP contribution >= 0.6 is 0 Å². The zero-order valence-electron chi connectivity index (χ0n) is 13.7. The molecule has 1 fully saturated rings. The molecule has 2 unspecified atom stereocenters. The normalized spacial score (nSPS) is 17.9. The molecule has 0 aliphatic heterocycles. The summed E-state index contributed by atoms with van der Waals surface area (Å²) in [6.45, 7) is 8.26. The molecule has 5 heteroatoms. The van der Waals surface area contributed by atoms with Crippen molar-refractivity contribution in [1.29, 1.82) is 0 Å². The Bertz CT molecular complexity index is 359. The van der Waals surface area contributed by atoms with Gasteiger partial charge in [-0.05, 0) is 30.6 Å². The van der Waals surface area contributed by atoms with Gasteiger partial charge in [0.1, 0.15) is 0 Å². The molecular formula is C16H30N2O3. The molecule has 0 aromatic heterocycles. The lowest BCUT2D eigenvalue weighted by Crippen LogP contribution is -2.45. The van der Waals surface area contributed by atoms with E-state index < -0.39 is 11.9 Å². The third kappa shape index (κ3) is 7.93. The Morgan fingerprint density at radius 3 is 2.33 bits per heavy atom. The summed E-state index contributed by atoms with van der Waals surface area (Å²) in [5.41, 5.74) is -0.0703. The number of urea groups is 1. The zero-order valence-corrected chi connectivity index (χ0v) is 13.7. The molecule has 0 heterocycles. The summed E-state index contributed by atoms with van der Waals surface area (Å²) in [5, 5.41) is 14.9. The molecule has 122 valence electrons. The highest BCUT2D eigenvalue weighted by molar-refractivity contribution is 5.76. The lowest BCUT2D eigenvalue weighted by molar-refractivity contribution is -0.142. The van der Waals surface area contributed by atoms with Gasteiger partial charge < -0.3 is 15.7 Å². The summed E-state index contributed by atoms with van der Waals surface area (Å²) in [7, 11) is 0. The topological polar surface area (TPSA) is 78.4 Å². The number of hydrogen-bond acceptors (Lipinski definition) is 2. The predicted octanol–water partition coefficient (Wildman–Crippen LogP) is 3.00. The summed E-state index contributed by atoms with van der Waals surface area (Å²) in [6, 6.07) is -0.0500. The number of aliphatic carboxylic acids is 1. The first-order chi connectivity index (χ1) is 9.71. The highest BCUT2D eigenvalue weighted by atomic mass is 16.4. The maximum Gasteiger partial charge on any atom is 0.315 e. The van der Waals surface area contributed by atoms with Crippen LogP contribution in [0.1, 0.15) is 59.8 Å². The van der Waals surface area contributed by atoms with Crippen LogP contribution in [-0.2, 0) is 4.79 Å². The Balaban J connectivity index is 2.35. The summed E-state index contributed by atoms with van der Waals surface area (Å²) in [5.74, 6) is -0.627. The Hall–Kier alpha value is -1.26. The van der Waals surface area contributed by atoms with Crippen LogP contribution in [0.5, 0.6) is 0 Å². The van der Waals surface area contributed by atoms with Gasteiger partial charge in [0.25, 0.3) is 0 Å². The number of carboxylic acid groups (broad SMARTS) is 1. The Labute approximate surface area is 127 Å². The highest BCUT2D eigenvalue weighted by Gasteiger charge is 2.27. The molecule has 3 N–H and O–H groups in total. The lowest BCUT2D eigenvalue weighted by atomic mass is 9.84. The largest absolute Gasteiger partial charge is 0.481 e.